The summed E-state index contributed by atoms with van der Waals surface area (Å²) < 4.78 is 1.38. The summed E-state index contributed by atoms with van der Waals surface area (Å²) in [5, 5.41) is 0. The third kappa shape index (κ3) is 3.90. The van der Waals surface area contributed by atoms with Crippen molar-refractivity contribution in [1.82, 2.24) is 0 Å². The molecule has 1 aromatic carbocycles. The third-order valence-corrected chi connectivity index (χ3v) is 6.09. The minimum Gasteiger partial charge on any atom is -0.299 e. The van der Waals surface area contributed by atoms with Gasteiger partial charge >= 0.3 is 0 Å². The molecule has 0 radical (unpaired) electrons. The van der Waals surface area contributed by atoms with Crippen LogP contribution < -0.4 is 0 Å². The van der Waals surface area contributed by atoms with Gasteiger partial charge < -0.3 is 0 Å². The van der Waals surface area contributed by atoms with E-state index >= 15 is 0 Å². The zero-order chi connectivity index (χ0) is 13.7. The number of benzene rings is 1. The highest BCUT2D eigenvalue weighted by atomic mass is 32.2. The molecule has 19 heavy (non-hydrogen) atoms. The molecule has 1 aliphatic rings. The first kappa shape index (κ1) is 14.7. The van der Waals surface area contributed by atoms with Gasteiger partial charge in [0.25, 0.3) is 0 Å². The number of thioether (sulfide) groups is 2. The van der Waals surface area contributed by atoms with Crippen LogP contribution in [0.25, 0.3) is 0 Å². The molecule has 0 aliphatic carbocycles. The van der Waals surface area contributed by atoms with E-state index in [1.54, 1.807) is 0 Å². The van der Waals surface area contributed by atoms with Crippen molar-refractivity contribution in [1.29, 1.82) is 0 Å². The zero-order valence-electron chi connectivity index (χ0n) is 11.5. The van der Waals surface area contributed by atoms with Crippen LogP contribution in [0.3, 0.4) is 0 Å². The van der Waals surface area contributed by atoms with E-state index in [0.717, 1.165) is 0 Å². The fraction of sp³-hybridized carbons (Fsp3) is 0.438. The number of hydrogen-bond acceptors (Lipinski definition) is 3. The van der Waals surface area contributed by atoms with Crippen LogP contribution in [0, 0.1) is 5.92 Å². The molecule has 0 amide bonds. The van der Waals surface area contributed by atoms with Gasteiger partial charge in [0.15, 0.2) is 0 Å². The maximum Gasteiger partial charge on any atom is 0.136 e. The van der Waals surface area contributed by atoms with Crippen LogP contribution in [-0.4, -0.2) is 17.3 Å². The molecule has 1 nitrogen and oxygen atoms in total. The van der Waals surface area contributed by atoms with Gasteiger partial charge in [-0.2, -0.15) is 0 Å². The summed E-state index contributed by atoms with van der Waals surface area (Å²) >= 11 is 3.83. The maximum absolute atomic E-state index is 12.1. The highest BCUT2D eigenvalue weighted by molar-refractivity contribution is 8.25. The lowest BCUT2D eigenvalue weighted by atomic mass is 9.84. The topological polar surface area (TPSA) is 17.1 Å². The van der Waals surface area contributed by atoms with Gasteiger partial charge in [-0.15, -0.1) is 23.5 Å². The van der Waals surface area contributed by atoms with Crippen LogP contribution in [0.15, 0.2) is 40.6 Å². The van der Waals surface area contributed by atoms with Gasteiger partial charge in [-0.25, -0.2) is 0 Å². The lowest BCUT2D eigenvalue weighted by Gasteiger charge is -2.20. The maximum atomic E-state index is 12.1. The summed E-state index contributed by atoms with van der Waals surface area (Å²) in [6.45, 7) is 4.01. The number of ketones is 1. The van der Waals surface area contributed by atoms with E-state index in [2.05, 4.69) is 37.3 Å². The first-order valence-electron chi connectivity index (χ1n) is 6.77. The molecule has 1 saturated heterocycles. The molecule has 0 spiro atoms. The molecule has 0 unspecified atom stereocenters. The molecular weight excluding hydrogens is 272 g/mol. The molecule has 3 heteroatoms. The Balaban J connectivity index is 2.27. The van der Waals surface area contributed by atoms with E-state index < -0.39 is 0 Å². The highest BCUT2D eigenvalue weighted by Gasteiger charge is 2.24. The molecule has 0 N–H and O–H groups in total. The molecule has 102 valence electrons. The smallest absolute Gasteiger partial charge is 0.136 e. The van der Waals surface area contributed by atoms with Gasteiger partial charge in [-0.3, -0.25) is 4.79 Å². The van der Waals surface area contributed by atoms with Crippen LogP contribution in [0.2, 0.25) is 0 Å². The van der Waals surface area contributed by atoms with E-state index in [1.807, 2.05) is 36.5 Å². The molecular formula is C16H20OS2. The lowest BCUT2D eigenvalue weighted by Crippen LogP contribution is -2.17. The van der Waals surface area contributed by atoms with E-state index in [9.17, 15) is 4.79 Å². The lowest BCUT2D eigenvalue weighted by molar-refractivity contribution is -0.122. The molecule has 2 rings (SSSR count). The average molecular weight is 292 g/mol. The molecule has 1 heterocycles. The van der Waals surface area contributed by atoms with Gasteiger partial charge in [0, 0.05) is 34.0 Å². The first-order chi connectivity index (χ1) is 9.22. The van der Waals surface area contributed by atoms with E-state index in [4.69, 9.17) is 0 Å². The Morgan fingerprint density at radius 1 is 1.26 bits per heavy atom. The van der Waals surface area contributed by atoms with Gasteiger partial charge in [-0.1, -0.05) is 50.3 Å². The summed E-state index contributed by atoms with van der Waals surface area (Å²) in [6.07, 6.45) is 2.92. The second kappa shape index (κ2) is 7.20. The molecule has 1 aromatic rings. The summed E-state index contributed by atoms with van der Waals surface area (Å²) in [4.78, 5) is 12.1. The number of rotatable bonds is 5. The van der Waals surface area contributed by atoms with Crippen molar-refractivity contribution in [3.8, 4) is 0 Å². The standard InChI is InChI=1S/C16H20OS2/c1-3-15(17)12(2)14(11-16-18-9-10-19-16)13-7-5-4-6-8-13/h4-8,11-12,14H,3,9-10H2,1-2H3/t12-,14-/m1/s1. The van der Waals surface area contributed by atoms with Crippen LogP contribution in [-0.2, 0) is 4.79 Å². The molecule has 0 saturated carbocycles. The first-order valence-corrected chi connectivity index (χ1v) is 8.74. The summed E-state index contributed by atoms with van der Waals surface area (Å²) in [7, 11) is 0. The fourth-order valence-electron chi connectivity index (χ4n) is 2.30. The van der Waals surface area contributed by atoms with Crippen LogP contribution >= 0.6 is 23.5 Å². The van der Waals surface area contributed by atoms with Gasteiger partial charge in [0.05, 0.1) is 0 Å². The monoisotopic (exact) mass is 292 g/mol. The molecule has 2 atom stereocenters. The average Bonchev–Trinajstić information content (AvgIpc) is 2.97. The number of carbonyl (C=O) groups is 1. The Bertz CT molecular complexity index is 445. The van der Waals surface area contributed by atoms with Gasteiger partial charge in [0.1, 0.15) is 5.78 Å². The number of Topliss-reactive ketones (excluding diaryl/α,β-unsaturated/α-hetero) is 1. The van der Waals surface area contributed by atoms with E-state index in [1.165, 1.54) is 21.3 Å². The largest absolute Gasteiger partial charge is 0.299 e. The Kier molecular flexibility index (Phi) is 5.59. The summed E-state index contributed by atoms with van der Waals surface area (Å²) in [6, 6.07) is 10.4. The van der Waals surface area contributed by atoms with E-state index in [0.29, 0.717) is 12.2 Å². The van der Waals surface area contributed by atoms with Gasteiger partial charge in [-0.05, 0) is 5.56 Å². The Morgan fingerprint density at radius 2 is 1.89 bits per heavy atom. The van der Waals surface area contributed by atoms with Crippen molar-refractivity contribution >= 4 is 29.3 Å². The van der Waals surface area contributed by atoms with Gasteiger partial charge in [0.2, 0.25) is 0 Å². The predicted molar refractivity (Wildman–Crippen MR) is 86.6 cm³/mol. The van der Waals surface area contributed by atoms with Crippen molar-refractivity contribution in [3.63, 3.8) is 0 Å². The Labute approximate surface area is 124 Å². The number of allylic oxidation sites excluding steroid dienone is 1. The highest BCUT2D eigenvalue weighted by Crippen LogP contribution is 2.40. The minimum atomic E-state index is 0.0571. The minimum absolute atomic E-state index is 0.0571. The third-order valence-electron chi connectivity index (χ3n) is 3.47. The zero-order valence-corrected chi connectivity index (χ0v) is 13.1. The number of carbonyl (C=O) groups excluding carboxylic acids is 1. The normalized spacial score (nSPS) is 18.1. The van der Waals surface area contributed by atoms with Crippen molar-refractivity contribution in [3.05, 3.63) is 46.2 Å². The Morgan fingerprint density at radius 3 is 2.47 bits per heavy atom. The summed E-state index contributed by atoms with van der Waals surface area (Å²) in [5.41, 5.74) is 1.25. The second-order valence-corrected chi connectivity index (χ2v) is 7.26. The van der Waals surface area contributed by atoms with Crippen molar-refractivity contribution in [2.24, 2.45) is 5.92 Å². The van der Waals surface area contributed by atoms with Crippen LogP contribution in [0.5, 0.6) is 0 Å². The fourth-order valence-corrected chi connectivity index (χ4v) is 4.68. The summed E-state index contributed by atoms with van der Waals surface area (Å²) in [5.74, 6) is 2.99. The number of hydrogen-bond donors (Lipinski definition) is 0. The second-order valence-electron chi connectivity index (χ2n) is 4.73. The Hall–Kier alpha value is -0.670. The molecule has 0 aromatic heterocycles. The SMILES string of the molecule is CCC(=O)[C@H](C)[C@@H](C=C1SCCS1)c1ccccc1. The predicted octanol–water partition coefficient (Wildman–Crippen LogP) is 4.71. The van der Waals surface area contributed by atoms with Crippen LogP contribution in [0.1, 0.15) is 31.7 Å². The quantitative estimate of drug-likeness (QED) is 0.782. The van der Waals surface area contributed by atoms with Crippen LogP contribution in [0.4, 0.5) is 0 Å². The van der Waals surface area contributed by atoms with E-state index in [-0.39, 0.29) is 11.8 Å². The van der Waals surface area contributed by atoms with Crippen molar-refractivity contribution < 1.29 is 4.79 Å². The molecule has 0 bridgehead atoms. The van der Waals surface area contributed by atoms with Crippen molar-refractivity contribution in [2.75, 3.05) is 11.5 Å². The molecule has 1 aliphatic heterocycles. The van der Waals surface area contributed by atoms with Crippen molar-refractivity contribution in [2.45, 2.75) is 26.2 Å². The molecule has 1 fully saturated rings.